The minimum Gasteiger partial charge on any atom is -0.396 e. The summed E-state index contributed by atoms with van der Waals surface area (Å²) in [7, 11) is 0. The van der Waals surface area contributed by atoms with Crippen molar-refractivity contribution in [2.24, 2.45) is 0 Å². The quantitative estimate of drug-likeness (QED) is 0.684. The summed E-state index contributed by atoms with van der Waals surface area (Å²) in [6.07, 6.45) is 1.80. The molecule has 16 heavy (non-hydrogen) atoms. The number of nitrogens with one attached hydrogen (secondary N) is 2. The van der Waals surface area contributed by atoms with Gasteiger partial charge >= 0.3 is 0 Å². The Balaban J connectivity index is 2.13. The number of rotatable bonds is 2. The summed E-state index contributed by atoms with van der Waals surface area (Å²) in [6.45, 7) is 2.65. The van der Waals surface area contributed by atoms with Crippen LogP contribution in [0.15, 0.2) is 12.1 Å². The van der Waals surface area contributed by atoms with Crippen LogP contribution in [-0.4, -0.2) is 23.5 Å². The molecule has 0 aliphatic carbocycles. The van der Waals surface area contributed by atoms with Crippen LogP contribution < -0.4 is 16.4 Å². The smallest absolute Gasteiger partial charge is 0.242 e. The molecule has 1 amide bonds. The highest BCUT2D eigenvalue weighted by molar-refractivity contribution is 5.85. The number of hydrogen-bond donors (Lipinski definition) is 3. The molecule has 5 nitrogen and oxygen atoms in total. The maximum Gasteiger partial charge on any atom is 0.242 e. The maximum absolute atomic E-state index is 11.6. The molecule has 1 aromatic rings. The Kier molecular flexibility index (Phi) is 2.94. The lowest BCUT2D eigenvalue weighted by atomic mass is 10.1. The van der Waals surface area contributed by atoms with Gasteiger partial charge in [-0.2, -0.15) is 0 Å². The molecule has 1 aromatic heterocycles. The zero-order valence-corrected chi connectivity index (χ0v) is 9.29. The molecule has 2 heterocycles. The fraction of sp³-hybridized carbons (Fsp3) is 0.455. The largest absolute Gasteiger partial charge is 0.396 e. The standard InChI is InChI=1S/C11H16N4O/c1-7-4-5-8(12)10(14-7)15-9-3-2-6-13-11(9)16/h4-5,9H,2-3,6,12H2,1H3,(H,13,16)(H,14,15). The number of carbonyl (C=O) groups is 1. The number of anilines is 2. The average molecular weight is 220 g/mol. The summed E-state index contributed by atoms with van der Waals surface area (Å²) in [5.74, 6) is 0.621. The highest BCUT2D eigenvalue weighted by atomic mass is 16.2. The predicted molar refractivity (Wildman–Crippen MR) is 63.0 cm³/mol. The van der Waals surface area contributed by atoms with Crippen LogP contribution in [0.25, 0.3) is 0 Å². The second-order valence-corrected chi connectivity index (χ2v) is 4.02. The van der Waals surface area contributed by atoms with Crippen molar-refractivity contribution in [2.45, 2.75) is 25.8 Å². The average Bonchev–Trinajstić information content (AvgIpc) is 2.27. The van der Waals surface area contributed by atoms with Crippen LogP contribution in [0.5, 0.6) is 0 Å². The van der Waals surface area contributed by atoms with Crippen LogP contribution in [0.1, 0.15) is 18.5 Å². The van der Waals surface area contributed by atoms with Gasteiger partial charge in [-0.05, 0) is 31.9 Å². The molecule has 0 aromatic carbocycles. The highest BCUT2D eigenvalue weighted by Gasteiger charge is 2.22. The van der Waals surface area contributed by atoms with Gasteiger partial charge < -0.3 is 16.4 Å². The number of nitrogens with zero attached hydrogens (tertiary/aromatic N) is 1. The molecule has 5 heteroatoms. The van der Waals surface area contributed by atoms with Crippen molar-refractivity contribution < 1.29 is 4.79 Å². The molecule has 0 bridgehead atoms. The number of amides is 1. The first kappa shape index (κ1) is 10.7. The minimum absolute atomic E-state index is 0.0222. The van der Waals surface area contributed by atoms with Gasteiger partial charge in [-0.15, -0.1) is 0 Å². The molecule has 1 aliphatic rings. The Morgan fingerprint density at radius 3 is 3.12 bits per heavy atom. The predicted octanol–water partition coefficient (Wildman–Crippen LogP) is 0.663. The molecule has 1 aliphatic heterocycles. The van der Waals surface area contributed by atoms with Crippen molar-refractivity contribution in [2.75, 3.05) is 17.6 Å². The van der Waals surface area contributed by atoms with Crippen LogP contribution in [0, 0.1) is 6.92 Å². The lowest BCUT2D eigenvalue weighted by Crippen LogP contribution is -2.44. The van der Waals surface area contributed by atoms with Crippen molar-refractivity contribution in [3.63, 3.8) is 0 Å². The lowest BCUT2D eigenvalue weighted by molar-refractivity contribution is -0.123. The van der Waals surface area contributed by atoms with Crippen LogP contribution in [0.4, 0.5) is 11.5 Å². The summed E-state index contributed by atoms with van der Waals surface area (Å²) < 4.78 is 0. The minimum atomic E-state index is -0.217. The number of carbonyl (C=O) groups excluding carboxylic acids is 1. The maximum atomic E-state index is 11.6. The summed E-state index contributed by atoms with van der Waals surface area (Å²) >= 11 is 0. The Morgan fingerprint density at radius 2 is 2.38 bits per heavy atom. The Labute approximate surface area is 94.4 Å². The van der Waals surface area contributed by atoms with E-state index in [2.05, 4.69) is 15.6 Å². The molecule has 0 saturated carbocycles. The molecule has 2 rings (SSSR count). The lowest BCUT2D eigenvalue weighted by Gasteiger charge is -2.23. The van der Waals surface area contributed by atoms with Crippen molar-refractivity contribution in [3.05, 3.63) is 17.8 Å². The zero-order chi connectivity index (χ0) is 11.5. The summed E-state index contributed by atoms with van der Waals surface area (Å²) in [5, 5.41) is 5.91. The van der Waals surface area contributed by atoms with Gasteiger partial charge in [0.25, 0.3) is 0 Å². The van der Waals surface area contributed by atoms with E-state index in [4.69, 9.17) is 5.73 Å². The number of nitrogens with two attached hydrogens (primary N) is 1. The van der Waals surface area contributed by atoms with E-state index in [0.717, 1.165) is 25.1 Å². The first-order chi connectivity index (χ1) is 7.66. The van der Waals surface area contributed by atoms with Gasteiger partial charge in [-0.25, -0.2) is 4.98 Å². The first-order valence-corrected chi connectivity index (χ1v) is 5.44. The van der Waals surface area contributed by atoms with E-state index < -0.39 is 0 Å². The summed E-state index contributed by atoms with van der Waals surface area (Å²) in [5.41, 5.74) is 7.25. The Hall–Kier alpha value is -1.78. The summed E-state index contributed by atoms with van der Waals surface area (Å²) in [6, 6.07) is 3.43. The van der Waals surface area contributed by atoms with E-state index in [9.17, 15) is 4.79 Å². The molecule has 0 spiro atoms. The molecular weight excluding hydrogens is 204 g/mol. The van der Waals surface area contributed by atoms with Gasteiger partial charge in [0.1, 0.15) is 11.9 Å². The molecule has 1 fully saturated rings. The third-order valence-electron chi connectivity index (χ3n) is 2.66. The van der Waals surface area contributed by atoms with Crippen molar-refractivity contribution in [3.8, 4) is 0 Å². The van der Waals surface area contributed by atoms with E-state index in [-0.39, 0.29) is 11.9 Å². The van der Waals surface area contributed by atoms with Crippen LogP contribution in [0.3, 0.4) is 0 Å². The Bertz CT molecular complexity index is 405. The fourth-order valence-electron chi connectivity index (χ4n) is 1.76. The normalized spacial score (nSPS) is 20.3. The molecule has 1 unspecified atom stereocenters. The topological polar surface area (TPSA) is 80.0 Å². The number of aryl methyl sites for hydroxylation is 1. The highest BCUT2D eigenvalue weighted by Crippen LogP contribution is 2.18. The molecule has 0 radical (unpaired) electrons. The van der Waals surface area contributed by atoms with Crippen molar-refractivity contribution in [1.29, 1.82) is 0 Å². The van der Waals surface area contributed by atoms with E-state index >= 15 is 0 Å². The van der Waals surface area contributed by atoms with Gasteiger partial charge in [-0.3, -0.25) is 4.79 Å². The fourth-order valence-corrected chi connectivity index (χ4v) is 1.76. The van der Waals surface area contributed by atoms with Crippen LogP contribution >= 0.6 is 0 Å². The first-order valence-electron chi connectivity index (χ1n) is 5.44. The SMILES string of the molecule is Cc1ccc(N)c(NC2CCCNC2=O)n1. The van der Waals surface area contributed by atoms with Crippen LogP contribution in [-0.2, 0) is 4.79 Å². The molecule has 1 saturated heterocycles. The molecular formula is C11H16N4O. The third kappa shape index (κ3) is 2.24. The van der Waals surface area contributed by atoms with Crippen molar-refractivity contribution >= 4 is 17.4 Å². The monoisotopic (exact) mass is 220 g/mol. The van der Waals surface area contributed by atoms with Gasteiger partial charge in [0.2, 0.25) is 5.91 Å². The third-order valence-corrected chi connectivity index (χ3v) is 2.66. The molecule has 86 valence electrons. The van der Waals surface area contributed by atoms with E-state index in [0.29, 0.717) is 11.5 Å². The van der Waals surface area contributed by atoms with Crippen molar-refractivity contribution in [1.82, 2.24) is 10.3 Å². The van der Waals surface area contributed by atoms with Gasteiger partial charge in [0.15, 0.2) is 0 Å². The van der Waals surface area contributed by atoms with Gasteiger partial charge in [0.05, 0.1) is 5.69 Å². The van der Waals surface area contributed by atoms with E-state index in [1.807, 2.05) is 13.0 Å². The zero-order valence-electron chi connectivity index (χ0n) is 9.29. The number of nitrogen functional groups attached to an aromatic ring is 1. The second kappa shape index (κ2) is 4.38. The number of aromatic nitrogens is 1. The molecule has 1 atom stereocenters. The number of pyridine rings is 1. The van der Waals surface area contributed by atoms with E-state index in [1.165, 1.54) is 0 Å². The number of hydrogen-bond acceptors (Lipinski definition) is 4. The van der Waals surface area contributed by atoms with Crippen LogP contribution in [0.2, 0.25) is 0 Å². The van der Waals surface area contributed by atoms with E-state index in [1.54, 1.807) is 6.07 Å². The van der Waals surface area contributed by atoms with Gasteiger partial charge in [-0.1, -0.05) is 0 Å². The summed E-state index contributed by atoms with van der Waals surface area (Å²) in [4.78, 5) is 15.8. The Morgan fingerprint density at radius 1 is 1.56 bits per heavy atom. The number of piperidine rings is 1. The molecule has 4 N–H and O–H groups in total. The second-order valence-electron chi connectivity index (χ2n) is 4.02. The van der Waals surface area contributed by atoms with Gasteiger partial charge in [0, 0.05) is 12.2 Å².